The van der Waals surface area contributed by atoms with Crippen molar-refractivity contribution in [3.8, 4) is 0 Å². The van der Waals surface area contributed by atoms with E-state index in [4.69, 9.17) is 0 Å². The van der Waals surface area contributed by atoms with Gasteiger partial charge in [0.25, 0.3) is 0 Å². The molecule has 0 heterocycles. The first-order valence-electron chi connectivity index (χ1n) is 7.69. The van der Waals surface area contributed by atoms with Crippen LogP contribution in [0.3, 0.4) is 0 Å². The third-order valence-corrected chi connectivity index (χ3v) is 5.72. The van der Waals surface area contributed by atoms with Gasteiger partial charge in [-0.3, -0.25) is 4.79 Å². The second-order valence-electron chi connectivity index (χ2n) is 6.26. The molecule has 3 heteroatoms. The number of carbonyl (C=O) groups excluding carboxylic acids is 1. The van der Waals surface area contributed by atoms with E-state index in [1.807, 2.05) is 0 Å². The van der Waals surface area contributed by atoms with Gasteiger partial charge in [0, 0.05) is 23.1 Å². The molecule has 1 amide bonds. The van der Waals surface area contributed by atoms with Gasteiger partial charge in [0.2, 0.25) is 5.91 Å². The predicted octanol–water partition coefficient (Wildman–Crippen LogP) is 3.78. The first-order valence-corrected chi connectivity index (χ1v) is 8.68. The number of carbonyl (C=O) groups is 1. The van der Waals surface area contributed by atoms with Crippen LogP contribution in [-0.4, -0.2) is 17.7 Å². The van der Waals surface area contributed by atoms with Crippen LogP contribution in [0.25, 0.3) is 0 Å². The van der Waals surface area contributed by atoms with Crippen LogP contribution < -0.4 is 5.32 Å². The minimum atomic E-state index is 0.238. The zero-order valence-corrected chi connectivity index (χ0v) is 12.9. The second kappa shape index (κ2) is 6.21. The zero-order chi connectivity index (χ0) is 13.9. The molecule has 0 saturated heterocycles. The molecule has 0 aromatic heterocycles. The number of aryl methyl sites for hydroxylation is 1. The van der Waals surface area contributed by atoms with Gasteiger partial charge in [0.1, 0.15) is 0 Å². The average molecular weight is 289 g/mol. The van der Waals surface area contributed by atoms with Crippen molar-refractivity contribution in [3.05, 3.63) is 29.8 Å². The highest BCUT2D eigenvalue weighted by molar-refractivity contribution is 7.99. The Morgan fingerprint density at radius 1 is 1.25 bits per heavy atom. The smallest absolute Gasteiger partial charge is 0.221 e. The lowest BCUT2D eigenvalue weighted by Gasteiger charge is -2.22. The molecule has 2 bridgehead atoms. The van der Waals surface area contributed by atoms with E-state index in [1.54, 1.807) is 11.8 Å². The summed E-state index contributed by atoms with van der Waals surface area (Å²) in [6.45, 7) is 2.09. The van der Waals surface area contributed by atoms with Crippen molar-refractivity contribution < 1.29 is 4.79 Å². The van der Waals surface area contributed by atoms with E-state index >= 15 is 0 Å². The maximum Gasteiger partial charge on any atom is 0.221 e. The fourth-order valence-corrected chi connectivity index (χ4v) is 4.45. The third kappa shape index (κ3) is 3.38. The summed E-state index contributed by atoms with van der Waals surface area (Å²) in [5, 5.41) is 3.25. The largest absolute Gasteiger partial charge is 0.353 e. The van der Waals surface area contributed by atoms with Gasteiger partial charge in [-0.15, -0.1) is 11.8 Å². The van der Waals surface area contributed by atoms with Crippen LogP contribution in [0.2, 0.25) is 0 Å². The Labute approximate surface area is 125 Å². The minimum absolute atomic E-state index is 0.238. The second-order valence-corrected chi connectivity index (χ2v) is 7.43. The molecule has 2 saturated carbocycles. The van der Waals surface area contributed by atoms with Crippen molar-refractivity contribution in [2.75, 3.05) is 5.75 Å². The molecule has 3 atom stereocenters. The molecule has 0 aliphatic heterocycles. The van der Waals surface area contributed by atoms with Crippen LogP contribution in [0, 0.1) is 18.8 Å². The summed E-state index contributed by atoms with van der Waals surface area (Å²) >= 11 is 1.77. The number of amides is 1. The Hall–Kier alpha value is -0.960. The molecule has 2 nitrogen and oxygen atoms in total. The fourth-order valence-electron chi connectivity index (χ4n) is 3.60. The quantitative estimate of drug-likeness (QED) is 0.836. The molecule has 20 heavy (non-hydrogen) atoms. The normalized spacial score (nSPS) is 27.8. The highest BCUT2D eigenvalue weighted by atomic mass is 32.2. The summed E-state index contributed by atoms with van der Waals surface area (Å²) in [6, 6.07) is 8.99. The van der Waals surface area contributed by atoms with Gasteiger partial charge < -0.3 is 5.32 Å². The third-order valence-electron chi connectivity index (χ3n) is 4.70. The molecule has 3 rings (SSSR count). The fraction of sp³-hybridized carbons (Fsp3) is 0.588. The Bertz CT molecular complexity index is 470. The molecule has 1 aromatic rings. The van der Waals surface area contributed by atoms with Crippen molar-refractivity contribution in [1.29, 1.82) is 0 Å². The average Bonchev–Trinajstić information content (AvgIpc) is 3.03. The molecule has 0 spiro atoms. The lowest BCUT2D eigenvalue weighted by molar-refractivity contribution is -0.121. The van der Waals surface area contributed by atoms with E-state index in [-0.39, 0.29) is 5.91 Å². The van der Waals surface area contributed by atoms with Gasteiger partial charge in [0.05, 0.1) is 0 Å². The molecule has 2 fully saturated rings. The van der Waals surface area contributed by atoms with Crippen LogP contribution in [0.1, 0.15) is 37.7 Å². The van der Waals surface area contributed by atoms with E-state index in [1.165, 1.54) is 36.1 Å². The molecular formula is C17H23NOS. The van der Waals surface area contributed by atoms with Crippen molar-refractivity contribution in [1.82, 2.24) is 5.32 Å². The van der Waals surface area contributed by atoms with Crippen molar-refractivity contribution in [3.63, 3.8) is 0 Å². The van der Waals surface area contributed by atoms with Crippen LogP contribution in [0.15, 0.2) is 29.2 Å². The van der Waals surface area contributed by atoms with Gasteiger partial charge in [-0.25, -0.2) is 0 Å². The first-order chi connectivity index (χ1) is 9.70. The summed E-state index contributed by atoms with van der Waals surface area (Å²) in [5.41, 5.74) is 1.28. The van der Waals surface area contributed by atoms with E-state index in [2.05, 4.69) is 36.5 Å². The van der Waals surface area contributed by atoms with Crippen LogP contribution in [0.4, 0.5) is 0 Å². The van der Waals surface area contributed by atoms with Gasteiger partial charge in [0.15, 0.2) is 0 Å². The number of benzene rings is 1. The molecule has 0 unspecified atom stereocenters. The van der Waals surface area contributed by atoms with Crippen LogP contribution >= 0.6 is 11.8 Å². The van der Waals surface area contributed by atoms with Crippen molar-refractivity contribution >= 4 is 17.7 Å². The Balaban J connectivity index is 1.38. The molecule has 0 radical (unpaired) electrons. The maximum absolute atomic E-state index is 12.0. The number of thioether (sulfide) groups is 1. The molecule has 108 valence electrons. The minimum Gasteiger partial charge on any atom is -0.353 e. The van der Waals surface area contributed by atoms with Gasteiger partial charge >= 0.3 is 0 Å². The molecule has 2 aliphatic rings. The molecular weight excluding hydrogens is 266 g/mol. The number of hydrogen-bond donors (Lipinski definition) is 1. The van der Waals surface area contributed by atoms with Gasteiger partial charge in [-0.05, 0) is 50.2 Å². The first kappa shape index (κ1) is 14.0. The van der Waals surface area contributed by atoms with Crippen LogP contribution in [-0.2, 0) is 4.79 Å². The van der Waals surface area contributed by atoms with Crippen molar-refractivity contribution in [2.24, 2.45) is 11.8 Å². The summed E-state index contributed by atoms with van der Waals surface area (Å²) in [4.78, 5) is 13.2. The van der Waals surface area contributed by atoms with E-state index in [0.29, 0.717) is 12.5 Å². The number of hydrogen-bond acceptors (Lipinski definition) is 2. The Morgan fingerprint density at radius 2 is 2.05 bits per heavy atom. The number of fused-ring (bicyclic) bond motifs is 2. The summed E-state index contributed by atoms with van der Waals surface area (Å²) in [7, 11) is 0. The Kier molecular flexibility index (Phi) is 4.35. The monoisotopic (exact) mass is 289 g/mol. The summed E-state index contributed by atoms with van der Waals surface area (Å²) < 4.78 is 0. The van der Waals surface area contributed by atoms with Gasteiger partial charge in [-0.1, -0.05) is 24.1 Å². The highest BCUT2D eigenvalue weighted by Crippen LogP contribution is 2.44. The van der Waals surface area contributed by atoms with Gasteiger partial charge in [-0.2, -0.15) is 0 Å². The SMILES string of the molecule is Cc1ccc(SCCC(=O)N[C@@H]2C[C@H]3CC[C@H]2C3)cc1. The molecule has 1 N–H and O–H groups in total. The summed E-state index contributed by atoms with van der Waals surface area (Å²) in [5.74, 6) is 2.78. The Morgan fingerprint density at radius 3 is 2.70 bits per heavy atom. The van der Waals surface area contributed by atoms with E-state index in [0.717, 1.165) is 17.6 Å². The van der Waals surface area contributed by atoms with Crippen molar-refractivity contribution in [2.45, 2.75) is 50.0 Å². The standard InChI is InChI=1S/C17H23NOS/c1-12-2-6-15(7-3-12)20-9-8-17(19)18-16-11-13-4-5-14(16)10-13/h2-3,6-7,13-14,16H,4-5,8-11H2,1H3,(H,18,19)/t13-,14-,16+/m0/s1. The predicted molar refractivity (Wildman–Crippen MR) is 83.9 cm³/mol. The zero-order valence-electron chi connectivity index (χ0n) is 12.1. The van der Waals surface area contributed by atoms with E-state index < -0.39 is 0 Å². The number of rotatable bonds is 5. The highest BCUT2D eigenvalue weighted by Gasteiger charge is 2.39. The van der Waals surface area contributed by atoms with E-state index in [9.17, 15) is 4.79 Å². The molecule has 1 aromatic carbocycles. The summed E-state index contributed by atoms with van der Waals surface area (Å²) in [6.07, 6.45) is 5.92. The maximum atomic E-state index is 12.0. The lowest BCUT2D eigenvalue weighted by atomic mass is 9.95. The number of nitrogens with one attached hydrogen (secondary N) is 1. The van der Waals surface area contributed by atoms with Crippen LogP contribution in [0.5, 0.6) is 0 Å². The topological polar surface area (TPSA) is 29.1 Å². The molecule has 2 aliphatic carbocycles. The lowest BCUT2D eigenvalue weighted by Crippen LogP contribution is -2.38.